The molecule has 6 heteroatoms. The van der Waals surface area contributed by atoms with Gasteiger partial charge in [-0.1, -0.05) is 36.4 Å². The second kappa shape index (κ2) is 6.70. The molecular formula is C18H13N3O3. The Hall–Kier alpha value is -3.54. The summed E-state index contributed by atoms with van der Waals surface area (Å²) in [6.45, 7) is 0. The van der Waals surface area contributed by atoms with Gasteiger partial charge in [0.1, 0.15) is 5.82 Å². The maximum absolute atomic E-state index is 12.6. The average molecular weight is 319 g/mol. The minimum atomic E-state index is -0.473. The molecule has 0 atom stereocenters. The van der Waals surface area contributed by atoms with Crippen LogP contribution >= 0.6 is 0 Å². The molecule has 0 radical (unpaired) electrons. The summed E-state index contributed by atoms with van der Waals surface area (Å²) in [5.41, 5.74) is 1.40. The number of nitro groups is 1. The van der Waals surface area contributed by atoms with Crippen molar-refractivity contribution in [2.24, 2.45) is 0 Å². The molecule has 3 rings (SSSR count). The van der Waals surface area contributed by atoms with Crippen molar-refractivity contribution in [3.05, 3.63) is 94.2 Å². The number of carbonyl (C=O) groups excluding carboxylic acids is 1. The Morgan fingerprint density at radius 3 is 2.54 bits per heavy atom. The molecule has 24 heavy (non-hydrogen) atoms. The normalized spacial score (nSPS) is 10.2. The number of nitro benzene ring substituents is 1. The zero-order valence-corrected chi connectivity index (χ0v) is 12.5. The van der Waals surface area contributed by atoms with Gasteiger partial charge in [-0.05, 0) is 18.2 Å². The summed E-state index contributed by atoms with van der Waals surface area (Å²) in [5, 5.41) is 13.9. The van der Waals surface area contributed by atoms with Crippen LogP contribution in [-0.2, 0) is 0 Å². The molecule has 0 aliphatic heterocycles. The number of hydrogen-bond acceptors (Lipinski definition) is 5. The van der Waals surface area contributed by atoms with Crippen molar-refractivity contribution >= 4 is 23.0 Å². The van der Waals surface area contributed by atoms with E-state index in [1.165, 1.54) is 12.1 Å². The highest BCUT2D eigenvalue weighted by molar-refractivity contribution is 6.12. The van der Waals surface area contributed by atoms with Gasteiger partial charge < -0.3 is 5.32 Å². The van der Waals surface area contributed by atoms with Gasteiger partial charge in [-0.25, -0.2) is 4.98 Å². The van der Waals surface area contributed by atoms with Gasteiger partial charge >= 0.3 is 0 Å². The fraction of sp³-hybridized carbons (Fsp3) is 0. The number of nitrogens with one attached hydrogen (secondary N) is 1. The standard InChI is InChI=1S/C18H13N3O3/c22-17(13-6-2-1-3-7-13)16-10-5-11-19-18(16)20-14-8-4-9-15(12-14)21(23)24/h1-12H,(H,19,20). The fourth-order valence-electron chi connectivity index (χ4n) is 2.27. The smallest absolute Gasteiger partial charge is 0.271 e. The third kappa shape index (κ3) is 3.27. The number of nitrogens with zero attached hydrogens (tertiary/aromatic N) is 2. The van der Waals surface area contributed by atoms with E-state index in [9.17, 15) is 14.9 Å². The van der Waals surface area contributed by atoms with Crippen LogP contribution in [0.5, 0.6) is 0 Å². The lowest BCUT2D eigenvalue weighted by molar-refractivity contribution is -0.384. The summed E-state index contributed by atoms with van der Waals surface area (Å²) in [4.78, 5) is 27.2. The SMILES string of the molecule is O=C(c1ccccc1)c1cccnc1Nc1cccc([N+](=O)[O-])c1. The number of aromatic nitrogens is 1. The van der Waals surface area contributed by atoms with Gasteiger partial charge in [0.25, 0.3) is 5.69 Å². The first-order chi connectivity index (χ1) is 11.6. The first kappa shape index (κ1) is 15.4. The number of benzene rings is 2. The third-order valence-electron chi connectivity index (χ3n) is 3.41. The lowest BCUT2D eigenvalue weighted by Gasteiger charge is -2.10. The summed E-state index contributed by atoms with van der Waals surface area (Å²) in [6.07, 6.45) is 1.56. The Morgan fingerprint density at radius 1 is 1.00 bits per heavy atom. The van der Waals surface area contributed by atoms with Gasteiger partial charge in [0, 0.05) is 29.6 Å². The second-order valence-electron chi connectivity index (χ2n) is 5.03. The number of carbonyl (C=O) groups is 1. The lowest BCUT2D eigenvalue weighted by atomic mass is 10.0. The van der Waals surface area contributed by atoms with Gasteiger partial charge in [-0.15, -0.1) is 0 Å². The van der Waals surface area contributed by atoms with E-state index in [1.807, 2.05) is 6.07 Å². The minimum Gasteiger partial charge on any atom is -0.339 e. The van der Waals surface area contributed by atoms with Crippen molar-refractivity contribution < 1.29 is 9.72 Å². The van der Waals surface area contributed by atoms with Crippen LogP contribution in [-0.4, -0.2) is 15.7 Å². The van der Waals surface area contributed by atoms with E-state index in [2.05, 4.69) is 10.3 Å². The van der Waals surface area contributed by atoms with Crippen molar-refractivity contribution in [3.63, 3.8) is 0 Å². The third-order valence-corrected chi connectivity index (χ3v) is 3.41. The van der Waals surface area contributed by atoms with E-state index in [0.29, 0.717) is 22.6 Å². The van der Waals surface area contributed by atoms with Gasteiger partial charge in [-0.3, -0.25) is 14.9 Å². The Kier molecular flexibility index (Phi) is 4.29. The van der Waals surface area contributed by atoms with E-state index in [-0.39, 0.29) is 11.5 Å². The summed E-state index contributed by atoms with van der Waals surface area (Å²) >= 11 is 0. The molecule has 2 aromatic carbocycles. The lowest BCUT2D eigenvalue weighted by Crippen LogP contribution is -2.07. The molecule has 6 nitrogen and oxygen atoms in total. The molecule has 3 aromatic rings. The molecule has 0 aliphatic rings. The van der Waals surface area contributed by atoms with Crippen LogP contribution in [0.2, 0.25) is 0 Å². The van der Waals surface area contributed by atoms with E-state index < -0.39 is 4.92 Å². The molecule has 1 aromatic heterocycles. The maximum Gasteiger partial charge on any atom is 0.271 e. The van der Waals surface area contributed by atoms with Crippen LogP contribution in [0.15, 0.2) is 72.9 Å². The van der Waals surface area contributed by atoms with Crippen LogP contribution in [0, 0.1) is 10.1 Å². The topological polar surface area (TPSA) is 85.1 Å². The van der Waals surface area contributed by atoms with Crippen LogP contribution in [0.3, 0.4) is 0 Å². The van der Waals surface area contributed by atoms with Crippen molar-refractivity contribution in [1.82, 2.24) is 4.98 Å². The minimum absolute atomic E-state index is 0.0353. The van der Waals surface area contributed by atoms with Crippen molar-refractivity contribution in [3.8, 4) is 0 Å². The van der Waals surface area contributed by atoms with Gasteiger partial charge in [0.2, 0.25) is 0 Å². The molecule has 0 bridgehead atoms. The quantitative estimate of drug-likeness (QED) is 0.437. The van der Waals surface area contributed by atoms with Crippen molar-refractivity contribution in [1.29, 1.82) is 0 Å². The number of pyridine rings is 1. The predicted molar refractivity (Wildman–Crippen MR) is 90.5 cm³/mol. The van der Waals surface area contributed by atoms with Crippen molar-refractivity contribution in [2.75, 3.05) is 5.32 Å². The summed E-state index contributed by atoms with van der Waals surface area (Å²) in [6, 6.07) is 18.3. The van der Waals surface area contributed by atoms with Crippen LogP contribution < -0.4 is 5.32 Å². The van der Waals surface area contributed by atoms with Gasteiger partial charge in [0.15, 0.2) is 5.78 Å². The number of anilines is 2. The highest BCUT2D eigenvalue weighted by Gasteiger charge is 2.15. The highest BCUT2D eigenvalue weighted by atomic mass is 16.6. The zero-order valence-electron chi connectivity index (χ0n) is 12.5. The Morgan fingerprint density at radius 2 is 1.79 bits per heavy atom. The number of non-ortho nitro benzene ring substituents is 1. The van der Waals surface area contributed by atoms with E-state index in [0.717, 1.165) is 0 Å². The predicted octanol–water partition coefficient (Wildman–Crippen LogP) is 3.96. The average Bonchev–Trinajstić information content (AvgIpc) is 2.62. The molecule has 0 saturated carbocycles. The molecule has 0 fully saturated rings. The molecule has 1 heterocycles. The molecule has 0 unspecified atom stereocenters. The first-order valence-corrected chi connectivity index (χ1v) is 7.21. The Labute approximate surface area is 137 Å². The van der Waals surface area contributed by atoms with Crippen molar-refractivity contribution in [2.45, 2.75) is 0 Å². The highest BCUT2D eigenvalue weighted by Crippen LogP contribution is 2.23. The molecule has 0 saturated heterocycles. The Balaban J connectivity index is 1.94. The summed E-state index contributed by atoms with van der Waals surface area (Å²) in [7, 11) is 0. The summed E-state index contributed by atoms with van der Waals surface area (Å²) in [5.74, 6) is 0.184. The molecular weight excluding hydrogens is 306 g/mol. The second-order valence-corrected chi connectivity index (χ2v) is 5.03. The van der Waals surface area contributed by atoms with E-state index in [1.54, 1.807) is 54.7 Å². The molecule has 118 valence electrons. The maximum atomic E-state index is 12.6. The number of rotatable bonds is 5. The van der Waals surface area contributed by atoms with Crippen LogP contribution in [0.25, 0.3) is 0 Å². The zero-order chi connectivity index (χ0) is 16.9. The molecule has 0 aliphatic carbocycles. The number of hydrogen-bond donors (Lipinski definition) is 1. The fourth-order valence-corrected chi connectivity index (χ4v) is 2.27. The first-order valence-electron chi connectivity index (χ1n) is 7.21. The molecule has 0 spiro atoms. The van der Waals surface area contributed by atoms with Crippen LogP contribution in [0.4, 0.5) is 17.2 Å². The Bertz CT molecular complexity index is 895. The van der Waals surface area contributed by atoms with Gasteiger partial charge in [0.05, 0.1) is 10.5 Å². The largest absolute Gasteiger partial charge is 0.339 e. The van der Waals surface area contributed by atoms with Gasteiger partial charge in [-0.2, -0.15) is 0 Å². The molecule has 0 amide bonds. The van der Waals surface area contributed by atoms with Crippen LogP contribution in [0.1, 0.15) is 15.9 Å². The molecule has 1 N–H and O–H groups in total. The van der Waals surface area contributed by atoms with E-state index >= 15 is 0 Å². The van der Waals surface area contributed by atoms with E-state index in [4.69, 9.17) is 0 Å². The summed E-state index contributed by atoms with van der Waals surface area (Å²) < 4.78 is 0. The monoisotopic (exact) mass is 319 g/mol. The number of ketones is 1.